The Morgan fingerprint density at radius 1 is 1.42 bits per heavy atom. The Kier molecular flexibility index (Phi) is 4.96. The Bertz CT molecular complexity index is 440. The number of alkyl halides is 2. The van der Waals surface area contributed by atoms with Gasteiger partial charge in [-0.05, 0) is 17.7 Å². The lowest BCUT2D eigenvalue weighted by Crippen LogP contribution is -2.09. The molecule has 0 fully saturated rings. The number of aliphatic hydroxyl groups excluding tert-OH is 1. The molecule has 0 bridgehead atoms. The van der Waals surface area contributed by atoms with Crippen LogP contribution >= 0.6 is 11.6 Å². The Balaban J connectivity index is 1.97. The quantitative estimate of drug-likeness (QED) is 0.819. The molecule has 0 saturated heterocycles. The van der Waals surface area contributed by atoms with Crippen molar-refractivity contribution in [3.05, 3.63) is 28.3 Å². The summed E-state index contributed by atoms with van der Waals surface area (Å²) in [6.07, 6.45) is -2.33. The van der Waals surface area contributed by atoms with Crippen LogP contribution in [-0.2, 0) is 11.2 Å². The number of hydrogen-bond donors (Lipinski definition) is 1. The van der Waals surface area contributed by atoms with Gasteiger partial charge in [-0.1, -0.05) is 11.6 Å². The molecule has 106 valence electrons. The number of rotatable bonds is 6. The van der Waals surface area contributed by atoms with Gasteiger partial charge in [0.25, 0.3) is 6.43 Å². The van der Waals surface area contributed by atoms with E-state index in [9.17, 15) is 13.9 Å². The first-order valence-electron chi connectivity index (χ1n) is 6.07. The molecule has 0 saturated carbocycles. The van der Waals surface area contributed by atoms with Gasteiger partial charge >= 0.3 is 0 Å². The first-order chi connectivity index (χ1) is 9.08. The van der Waals surface area contributed by atoms with E-state index in [1.54, 1.807) is 6.07 Å². The van der Waals surface area contributed by atoms with Gasteiger partial charge < -0.3 is 14.6 Å². The summed E-state index contributed by atoms with van der Waals surface area (Å²) in [5.74, 6) is 0.658. The summed E-state index contributed by atoms with van der Waals surface area (Å²) < 4.78 is 34.0. The van der Waals surface area contributed by atoms with Crippen molar-refractivity contribution in [1.82, 2.24) is 0 Å². The van der Waals surface area contributed by atoms with Crippen LogP contribution in [0.5, 0.6) is 5.75 Å². The van der Waals surface area contributed by atoms with E-state index in [0.717, 1.165) is 12.0 Å². The summed E-state index contributed by atoms with van der Waals surface area (Å²) in [6.45, 7) is 0.0148. The van der Waals surface area contributed by atoms with Crippen LogP contribution in [0.25, 0.3) is 0 Å². The minimum absolute atomic E-state index is 0.0623. The fourth-order valence-electron chi connectivity index (χ4n) is 2.07. The molecule has 0 radical (unpaired) electrons. The third-order valence-electron chi connectivity index (χ3n) is 2.92. The van der Waals surface area contributed by atoms with E-state index in [0.29, 0.717) is 22.9 Å². The number of fused-ring (bicyclic) bond motifs is 1. The first-order valence-corrected chi connectivity index (χ1v) is 6.45. The van der Waals surface area contributed by atoms with Crippen molar-refractivity contribution in [1.29, 1.82) is 0 Å². The predicted molar refractivity (Wildman–Crippen MR) is 67.1 cm³/mol. The maximum absolute atomic E-state index is 11.9. The SMILES string of the molecule is OC(CCOCC(F)F)c1cc(Cl)cc2c1OCC2. The van der Waals surface area contributed by atoms with Crippen LogP contribution in [0, 0.1) is 0 Å². The van der Waals surface area contributed by atoms with Gasteiger partial charge in [-0.2, -0.15) is 0 Å². The van der Waals surface area contributed by atoms with Crippen LogP contribution in [0.15, 0.2) is 12.1 Å². The lowest BCUT2D eigenvalue weighted by molar-refractivity contribution is 0.00460. The maximum Gasteiger partial charge on any atom is 0.261 e. The number of hydrogen-bond acceptors (Lipinski definition) is 3. The van der Waals surface area contributed by atoms with Crippen LogP contribution in [0.4, 0.5) is 8.78 Å². The van der Waals surface area contributed by atoms with Gasteiger partial charge in [0.05, 0.1) is 12.7 Å². The number of aliphatic hydroxyl groups is 1. The molecular formula is C13H15ClF2O3. The number of halogens is 3. The summed E-state index contributed by atoms with van der Waals surface area (Å²) in [7, 11) is 0. The van der Waals surface area contributed by atoms with Crippen molar-refractivity contribution in [2.24, 2.45) is 0 Å². The predicted octanol–water partition coefficient (Wildman–Crippen LogP) is 2.98. The monoisotopic (exact) mass is 292 g/mol. The van der Waals surface area contributed by atoms with E-state index in [4.69, 9.17) is 21.1 Å². The molecule has 0 aliphatic carbocycles. The first kappa shape index (κ1) is 14.5. The highest BCUT2D eigenvalue weighted by Gasteiger charge is 2.22. The van der Waals surface area contributed by atoms with Gasteiger partial charge in [0.15, 0.2) is 0 Å². The topological polar surface area (TPSA) is 38.7 Å². The zero-order chi connectivity index (χ0) is 13.8. The molecule has 19 heavy (non-hydrogen) atoms. The van der Waals surface area contributed by atoms with E-state index in [1.807, 2.05) is 6.07 Å². The van der Waals surface area contributed by atoms with Gasteiger partial charge in [0, 0.05) is 30.0 Å². The minimum atomic E-state index is -2.49. The maximum atomic E-state index is 11.9. The van der Waals surface area contributed by atoms with Crippen LogP contribution in [0.2, 0.25) is 5.02 Å². The Hall–Kier alpha value is -0.910. The highest BCUT2D eigenvalue weighted by Crippen LogP contribution is 2.37. The second kappa shape index (κ2) is 6.50. The summed E-state index contributed by atoms with van der Waals surface area (Å²) >= 11 is 5.98. The normalized spacial score (nSPS) is 15.4. The molecule has 1 aromatic carbocycles. The summed E-state index contributed by atoms with van der Waals surface area (Å²) in [5.41, 5.74) is 1.57. The van der Waals surface area contributed by atoms with Gasteiger partial charge in [-0.3, -0.25) is 0 Å². The van der Waals surface area contributed by atoms with Crippen molar-refractivity contribution < 1.29 is 23.4 Å². The van der Waals surface area contributed by atoms with Gasteiger partial charge in [-0.15, -0.1) is 0 Å². The summed E-state index contributed by atoms with van der Waals surface area (Å²) in [5, 5.41) is 10.6. The lowest BCUT2D eigenvalue weighted by Gasteiger charge is -2.15. The van der Waals surface area contributed by atoms with E-state index in [1.165, 1.54) is 0 Å². The molecule has 0 aromatic heterocycles. The zero-order valence-electron chi connectivity index (χ0n) is 10.2. The molecule has 1 atom stereocenters. The van der Waals surface area contributed by atoms with Crippen molar-refractivity contribution in [2.75, 3.05) is 19.8 Å². The third-order valence-corrected chi connectivity index (χ3v) is 3.13. The van der Waals surface area contributed by atoms with Crippen LogP contribution in [0.1, 0.15) is 23.7 Å². The molecule has 0 amide bonds. The lowest BCUT2D eigenvalue weighted by atomic mass is 10.0. The highest BCUT2D eigenvalue weighted by molar-refractivity contribution is 6.30. The van der Waals surface area contributed by atoms with E-state index < -0.39 is 19.1 Å². The standard InChI is InChI=1S/C13H15ClF2O3/c14-9-5-8-1-4-19-13(8)10(6-9)11(17)2-3-18-7-12(15)16/h5-6,11-12,17H,1-4,7H2. The fourth-order valence-corrected chi connectivity index (χ4v) is 2.32. The number of benzene rings is 1. The van der Waals surface area contributed by atoms with Crippen LogP contribution < -0.4 is 4.74 Å². The molecule has 1 aliphatic heterocycles. The average molecular weight is 293 g/mol. The molecule has 1 N–H and O–H groups in total. The van der Waals surface area contributed by atoms with E-state index >= 15 is 0 Å². The molecule has 1 aliphatic rings. The zero-order valence-corrected chi connectivity index (χ0v) is 11.0. The summed E-state index contributed by atoms with van der Waals surface area (Å²) in [4.78, 5) is 0. The molecule has 3 nitrogen and oxygen atoms in total. The second-order valence-electron chi connectivity index (χ2n) is 4.35. The third kappa shape index (κ3) is 3.78. The Morgan fingerprint density at radius 2 is 2.21 bits per heavy atom. The van der Waals surface area contributed by atoms with Crippen molar-refractivity contribution in [3.8, 4) is 5.75 Å². The molecule has 0 spiro atoms. The highest BCUT2D eigenvalue weighted by atomic mass is 35.5. The molecular weight excluding hydrogens is 278 g/mol. The van der Waals surface area contributed by atoms with E-state index in [-0.39, 0.29) is 13.0 Å². The fraction of sp³-hybridized carbons (Fsp3) is 0.538. The van der Waals surface area contributed by atoms with Crippen LogP contribution in [-0.4, -0.2) is 31.4 Å². The number of ether oxygens (including phenoxy) is 2. The minimum Gasteiger partial charge on any atom is -0.493 e. The van der Waals surface area contributed by atoms with Gasteiger partial charge in [0.1, 0.15) is 12.4 Å². The van der Waals surface area contributed by atoms with Crippen LogP contribution in [0.3, 0.4) is 0 Å². The van der Waals surface area contributed by atoms with Gasteiger partial charge in [0.2, 0.25) is 0 Å². The summed E-state index contributed by atoms with van der Waals surface area (Å²) in [6, 6.07) is 3.46. The van der Waals surface area contributed by atoms with Gasteiger partial charge in [-0.25, -0.2) is 8.78 Å². The Morgan fingerprint density at radius 3 is 2.95 bits per heavy atom. The van der Waals surface area contributed by atoms with Crippen molar-refractivity contribution in [2.45, 2.75) is 25.4 Å². The van der Waals surface area contributed by atoms with Crippen molar-refractivity contribution >= 4 is 11.6 Å². The smallest absolute Gasteiger partial charge is 0.261 e. The van der Waals surface area contributed by atoms with E-state index in [2.05, 4.69) is 0 Å². The van der Waals surface area contributed by atoms with Crippen molar-refractivity contribution in [3.63, 3.8) is 0 Å². The Labute approximate surface area is 115 Å². The second-order valence-corrected chi connectivity index (χ2v) is 4.79. The molecule has 6 heteroatoms. The molecule has 2 rings (SSSR count). The molecule has 1 heterocycles. The molecule has 1 aromatic rings. The molecule has 1 unspecified atom stereocenters. The largest absolute Gasteiger partial charge is 0.493 e. The average Bonchev–Trinajstić information content (AvgIpc) is 2.80.